The van der Waals surface area contributed by atoms with Gasteiger partial charge in [0.15, 0.2) is 5.03 Å². The van der Waals surface area contributed by atoms with Crippen LogP contribution in [0.25, 0.3) is 0 Å². The van der Waals surface area contributed by atoms with Gasteiger partial charge in [0.2, 0.25) is 0 Å². The van der Waals surface area contributed by atoms with Gasteiger partial charge in [0.05, 0.1) is 24.9 Å². The summed E-state index contributed by atoms with van der Waals surface area (Å²) in [4.78, 5) is 25.1. The molecule has 11 heteroatoms. The first-order valence-electron chi connectivity index (χ1n) is 11.3. The van der Waals surface area contributed by atoms with Crippen molar-refractivity contribution in [2.45, 2.75) is 37.9 Å². The second kappa shape index (κ2) is 9.59. The zero-order chi connectivity index (χ0) is 24.5. The molecule has 1 unspecified atom stereocenters. The Bertz CT molecular complexity index is 1280. The number of aromatic nitrogens is 4. The van der Waals surface area contributed by atoms with Gasteiger partial charge in [-0.05, 0) is 44.0 Å². The minimum Gasteiger partial charge on any atom is -0.364 e. The molecule has 182 valence electrons. The summed E-state index contributed by atoms with van der Waals surface area (Å²) in [7, 11) is -0.124. The highest BCUT2D eigenvalue weighted by molar-refractivity contribution is 7.89. The van der Waals surface area contributed by atoms with Gasteiger partial charge >= 0.3 is 0 Å². The highest BCUT2D eigenvalue weighted by Crippen LogP contribution is 2.30. The van der Waals surface area contributed by atoms with Crippen LogP contribution in [-0.2, 0) is 37.1 Å². The van der Waals surface area contributed by atoms with Crippen molar-refractivity contribution >= 4 is 21.6 Å². The first-order chi connectivity index (χ1) is 16.2. The van der Waals surface area contributed by atoms with Crippen molar-refractivity contribution < 1.29 is 13.2 Å². The highest BCUT2D eigenvalue weighted by atomic mass is 32.2. The molecular weight excluding hydrogens is 454 g/mol. The number of carbonyl (C=O) groups excluding carboxylic acids is 1. The summed E-state index contributed by atoms with van der Waals surface area (Å²) in [5, 5.41) is -0.00977. The summed E-state index contributed by atoms with van der Waals surface area (Å²) in [6.07, 6.45) is 6.97. The molecular formula is C23H31N7O3S. The lowest BCUT2D eigenvalue weighted by Crippen LogP contribution is -2.48. The minimum atomic E-state index is -3.78. The first kappa shape index (κ1) is 24.0. The zero-order valence-electron chi connectivity index (χ0n) is 20.0. The summed E-state index contributed by atoms with van der Waals surface area (Å²) in [6, 6.07) is 5.33. The molecule has 0 spiro atoms. The van der Waals surface area contributed by atoms with Crippen LogP contribution in [0.3, 0.4) is 0 Å². The second-order valence-corrected chi connectivity index (χ2v) is 10.3. The second-order valence-electron chi connectivity index (χ2n) is 8.60. The Hall–Kier alpha value is -3.18. The van der Waals surface area contributed by atoms with Gasteiger partial charge in [-0.2, -0.15) is 0 Å². The molecule has 10 nitrogen and oxygen atoms in total. The van der Waals surface area contributed by atoms with Crippen molar-refractivity contribution in [3.8, 4) is 0 Å². The molecule has 0 saturated heterocycles. The molecule has 0 fully saturated rings. The predicted octanol–water partition coefficient (Wildman–Crippen LogP) is 1.55. The Morgan fingerprint density at radius 3 is 2.59 bits per heavy atom. The number of aryl methyl sites for hydroxylation is 2. The Kier molecular flexibility index (Phi) is 6.76. The number of fused-ring (bicyclic) bond motifs is 1. The van der Waals surface area contributed by atoms with Crippen molar-refractivity contribution in [2.75, 3.05) is 24.5 Å². The summed E-state index contributed by atoms with van der Waals surface area (Å²) < 4.78 is 32.3. The molecule has 1 amide bonds. The maximum atomic E-state index is 13.0. The summed E-state index contributed by atoms with van der Waals surface area (Å²) in [5.74, 6) is -0.0258. The fourth-order valence-corrected chi connectivity index (χ4v) is 5.56. The molecule has 1 atom stereocenters. The van der Waals surface area contributed by atoms with Crippen LogP contribution < -0.4 is 9.62 Å². The number of carbonyl (C=O) groups is 1. The zero-order valence-corrected chi connectivity index (χ0v) is 20.8. The van der Waals surface area contributed by atoms with Crippen molar-refractivity contribution in [1.82, 2.24) is 28.7 Å². The van der Waals surface area contributed by atoms with E-state index in [1.807, 2.05) is 43.7 Å². The number of hydrogen-bond acceptors (Lipinski definition) is 6. The highest BCUT2D eigenvalue weighted by Gasteiger charge is 2.30. The van der Waals surface area contributed by atoms with E-state index in [0.717, 1.165) is 16.9 Å². The van der Waals surface area contributed by atoms with Crippen LogP contribution in [0, 0.1) is 0 Å². The Labute approximate surface area is 200 Å². The monoisotopic (exact) mass is 485 g/mol. The normalized spacial score (nSPS) is 15.9. The summed E-state index contributed by atoms with van der Waals surface area (Å²) >= 11 is 0. The Morgan fingerprint density at radius 1 is 1.21 bits per heavy atom. The number of sulfonamides is 1. The molecule has 1 aliphatic rings. The van der Waals surface area contributed by atoms with Gasteiger partial charge in [-0.1, -0.05) is 0 Å². The number of imidazole rings is 2. The van der Waals surface area contributed by atoms with E-state index in [2.05, 4.69) is 19.6 Å². The Morgan fingerprint density at radius 2 is 1.97 bits per heavy atom. The van der Waals surface area contributed by atoms with Crippen molar-refractivity contribution in [1.29, 1.82) is 0 Å². The molecule has 3 aromatic rings. The largest absolute Gasteiger partial charge is 0.364 e. The van der Waals surface area contributed by atoms with Gasteiger partial charge in [-0.15, -0.1) is 0 Å². The molecule has 2 aromatic heterocycles. The number of nitrogens with one attached hydrogen (secondary N) is 1. The van der Waals surface area contributed by atoms with Gasteiger partial charge < -0.3 is 18.9 Å². The van der Waals surface area contributed by atoms with E-state index in [4.69, 9.17) is 0 Å². The standard InChI is InChI=1S/C23H31N7O3S/c1-5-29(6-2)23(31)17-7-8-21-18(9-17)10-19(12-30(21)13-20-11-24-15-28(20)4)26-34(32,33)22-14-27(3)16-25-22/h7-9,11,14-16,19,26H,5-6,10,12-13H2,1-4H3. The topological polar surface area (TPSA) is 105 Å². The van der Waals surface area contributed by atoms with Crippen LogP contribution in [0.4, 0.5) is 5.69 Å². The smallest absolute Gasteiger partial charge is 0.259 e. The predicted molar refractivity (Wildman–Crippen MR) is 129 cm³/mol. The number of rotatable bonds is 8. The SMILES string of the molecule is CCN(CC)C(=O)c1ccc2c(c1)CC(NS(=O)(=O)c1cn(C)cn1)CN2Cc1cncn1C. The molecule has 1 aliphatic heterocycles. The molecule has 0 bridgehead atoms. The summed E-state index contributed by atoms with van der Waals surface area (Å²) in [6.45, 7) is 6.22. The maximum Gasteiger partial charge on any atom is 0.259 e. The first-order valence-corrected chi connectivity index (χ1v) is 12.8. The van der Waals surface area contributed by atoms with Crippen LogP contribution in [0.5, 0.6) is 0 Å². The fraction of sp³-hybridized carbons (Fsp3) is 0.435. The maximum absolute atomic E-state index is 13.0. The number of nitrogens with zero attached hydrogens (tertiary/aromatic N) is 6. The molecule has 1 aromatic carbocycles. The Balaban J connectivity index is 1.66. The third-order valence-corrected chi connectivity index (χ3v) is 7.58. The van der Waals surface area contributed by atoms with E-state index in [-0.39, 0.29) is 17.0 Å². The van der Waals surface area contributed by atoms with Crippen LogP contribution in [0.2, 0.25) is 0 Å². The van der Waals surface area contributed by atoms with E-state index in [1.54, 1.807) is 29.0 Å². The van der Waals surface area contributed by atoms with E-state index in [1.165, 1.54) is 12.5 Å². The number of hydrogen-bond donors (Lipinski definition) is 1. The molecule has 34 heavy (non-hydrogen) atoms. The molecule has 1 N–H and O–H groups in total. The van der Waals surface area contributed by atoms with Gasteiger partial charge in [0.25, 0.3) is 15.9 Å². The summed E-state index contributed by atoms with van der Waals surface area (Å²) in [5.41, 5.74) is 3.53. The molecule has 0 aliphatic carbocycles. The van der Waals surface area contributed by atoms with Crippen LogP contribution in [0.1, 0.15) is 35.5 Å². The average molecular weight is 486 g/mol. The van der Waals surface area contributed by atoms with Crippen LogP contribution in [0.15, 0.2) is 48.3 Å². The van der Waals surface area contributed by atoms with Crippen LogP contribution >= 0.6 is 0 Å². The quantitative estimate of drug-likeness (QED) is 0.519. The van der Waals surface area contributed by atoms with Crippen molar-refractivity contribution in [2.24, 2.45) is 14.1 Å². The number of benzene rings is 1. The van der Waals surface area contributed by atoms with Gasteiger partial charge in [0.1, 0.15) is 0 Å². The number of amides is 1. The van der Waals surface area contributed by atoms with Gasteiger partial charge in [0, 0.05) is 63.4 Å². The lowest BCUT2D eigenvalue weighted by molar-refractivity contribution is 0.0773. The molecule has 3 heterocycles. The number of anilines is 1. The van der Waals surface area contributed by atoms with E-state index in [9.17, 15) is 13.2 Å². The van der Waals surface area contributed by atoms with Crippen molar-refractivity contribution in [3.05, 3.63) is 60.1 Å². The third-order valence-electron chi connectivity index (χ3n) is 6.17. The van der Waals surface area contributed by atoms with Crippen LogP contribution in [-0.4, -0.2) is 64.0 Å². The van der Waals surface area contributed by atoms with E-state index < -0.39 is 10.0 Å². The average Bonchev–Trinajstić information content (AvgIpc) is 3.42. The fourth-order valence-electron chi connectivity index (χ4n) is 4.35. The third kappa shape index (κ3) is 4.85. The van der Waals surface area contributed by atoms with Gasteiger partial charge in [-0.25, -0.2) is 23.1 Å². The lowest BCUT2D eigenvalue weighted by Gasteiger charge is -2.36. The molecule has 4 rings (SSSR count). The van der Waals surface area contributed by atoms with E-state index in [0.29, 0.717) is 38.2 Å². The van der Waals surface area contributed by atoms with E-state index >= 15 is 0 Å². The minimum absolute atomic E-state index is 0.00977. The lowest BCUT2D eigenvalue weighted by atomic mass is 9.95. The molecule has 0 saturated carbocycles. The molecule has 0 radical (unpaired) electrons. The van der Waals surface area contributed by atoms with Crippen molar-refractivity contribution in [3.63, 3.8) is 0 Å². The van der Waals surface area contributed by atoms with Gasteiger partial charge in [-0.3, -0.25) is 4.79 Å².